The molecule has 1 aliphatic rings. The summed E-state index contributed by atoms with van der Waals surface area (Å²) in [6.07, 6.45) is 2.67. The molecular formula is C15H24FN3. The molecule has 1 heterocycles. The lowest BCUT2D eigenvalue weighted by atomic mass is 10.1. The topological polar surface area (TPSA) is 32.5 Å². The van der Waals surface area contributed by atoms with Gasteiger partial charge in [0.2, 0.25) is 0 Å². The molecule has 1 saturated heterocycles. The molecule has 0 bridgehead atoms. The first-order valence-electron chi connectivity index (χ1n) is 7.07. The van der Waals surface area contributed by atoms with Gasteiger partial charge in [-0.05, 0) is 44.6 Å². The number of nitrogens with two attached hydrogens (primary N) is 1. The van der Waals surface area contributed by atoms with Crippen LogP contribution in [0.1, 0.15) is 24.0 Å². The van der Waals surface area contributed by atoms with E-state index in [1.807, 2.05) is 12.1 Å². The Morgan fingerprint density at radius 1 is 1.32 bits per heavy atom. The van der Waals surface area contributed by atoms with Crippen LogP contribution in [0.25, 0.3) is 0 Å². The molecule has 4 heteroatoms. The summed E-state index contributed by atoms with van der Waals surface area (Å²) in [7, 11) is 2.11. The molecule has 19 heavy (non-hydrogen) atoms. The van der Waals surface area contributed by atoms with Gasteiger partial charge in [0.15, 0.2) is 0 Å². The summed E-state index contributed by atoms with van der Waals surface area (Å²) < 4.78 is 13.4. The van der Waals surface area contributed by atoms with Gasteiger partial charge in [0.25, 0.3) is 0 Å². The highest BCUT2D eigenvalue weighted by Gasteiger charge is 2.12. The molecule has 0 spiro atoms. The van der Waals surface area contributed by atoms with E-state index in [9.17, 15) is 4.39 Å². The fourth-order valence-electron chi connectivity index (χ4n) is 2.59. The predicted octanol–water partition coefficient (Wildman–Crippen LogP) is 1.81. The number of hydrogen-bond acceptors (Lipinski definition) is 3. The SMILES string of the molecule is CN(CCN1CCCC1)Cc1ccc(F)c(CN)c1. The monoisotopic (exact) mass is 265 g/mol. The van der Waals surface area contributed by atoms with E-state index < -0.39 is 0 Å². The van der Waals surface area contributed by atoms with Crippen molar-refractivity contribution < 1.29 is 4.39 Å². The minimum Gasteiger partial charge on any atom is -0.326 e. The summed E-state index contributed by atoms with van der Waals surface area (Å²) >= 11 is 0. The largest absolute Gasteiger partial charge is 0.326 e. The van der Waals surface area contributed by atoms with Crippen LogP contribution in [0.4, 0.5) is 4.39 Å². The molecule has 0 amide bonds. The van der Waals surface area contributed by atoms with Gasteiger partial charge in [-0.2, -0.15) is 0 Å². The van der Waals surface area contributed by atoms with Crippen LogP contribution in [-0.2, 0) is 13.1 Å². The van der Waals surface area contributed by atoms with E-state index in [1.165, 1.54) is 32.0 Å². The van der Waals surface area contributed by atoms with Crippen molar-refractivity contribution in [3.05, 3.63) is 35.1 Å². The summed E-state index contributed by atoms with van der Waals surface area (Å²) in [6.45, 7) is 5.76. The number of halogens is 1. The zero-order chi connectivity index (χ0) is 13.7. The molecule has 0 aliphatic carbocycles. The van der Waals surface area contributed by atoms with Crippen LogP contribution >= 0.6 is 0 Å². The molecule has 3 nitrogen and oxygen atoms in total. The van der Waals surface area contributed by atoms with E-state index in [1.54, 1.807) is 0 Å². The second-order valence-electron chi connectivity index (χ2n) is 5.42. The van der Waals surface area contributed by atoms with Crippen molar-refractivity contribution in [3.63, 3.8) is 0 Å². The average Bonchev–Trinajstić information content (AvgIpc) is 2.92. The Bertz CT molecular complexity index is 402. The van der Waals surface area contributed by atoms with Gasteiger partial charge in [0, 0.05) is 31.7 Å². The molecule has 1 aromatic carbocycles. The van der Waals surface area contributed by atoms with Crippen LogP contribution in [0, 0.1) is 5.82 Å². The molecular weight excluding hydrogens is 241 g/mol. The van der Waals surface area contributed by atoms with Crippen molar-refractivity contribution in [1.29, 1.82) is 0 Å². The minimum absolute atomic E-state index is 0.203. The van der Waals surface area contributed by atoms with E-state index in [0.717, 1.165) is 25.2 Å². The Kier molecular flexibility index (Phi) is 5.31. The van der Waals surface area contributed by atoms with Gasteiger partial charge >= 0.3 is 0 Å². The third-order valence-electron chi connectivity index (χ3n) is 3.78. The highest BCUT2D eigenvalue weighted by atomic mass is 19.1. The lowest BCUT2D eigenvalue weighted by Crippen LogP contribution is -2.31. The second kappa shape index (κ2) is 6.98. The van der Waals surface area contributed by atoms with Crippen molar-refractivity contribution >= 4 is 0 Å². The van der Waals surface area contributed by atoms with Crippen LogP contribution in [0.2, 0.25) is 0 Å². The third-order valence-corrected chi connectivity index (χ3v) is 3.78. The zero-order valence-corrected chi connectivity index (χ0v) is 11.7. The summed E-state index contributed by atoms with van der Waals surface area (Å²) in [6, 6.07) is 5.24. The maximum atomic E-state index is 13.4. The predicted molar refractivity (Wildman–Crippen MR) is 76.3 cm³/mol. The smallest absolute Gasteiger partial charge is 0.127 e. The normalized spacial score (nSPS) is 16.4. The Morgan fingerprint density at radius 2 is 2.05 bits per heavy atom. The average molecular weight is 265 g/mol. The van der Waals surface area contributed by atoms with Crippen molar-refractivity contribution in [2.24, 2.45) is 5.73 Å². The van der Waals surface area contributed by atoms with Gasteiger partial charge in [-0.3, -0.25) is 0 Å². The van der Waals surface area contributed by atoms with E-state index in [0.29, 0.717) is 5.56 Å². The molecule has 2 rings (SSSR count). The van der Waals surface area contributed by atoms with E-state index in [-0.39, 0.29) is 12.4 Å². The van der Waals surface area contributed by atoms with Crippen LogP contribution in [0.15, 0.2) is 18.2 Å². The second-order valence-corrected chi connectivity index (χ2v) is 5.42. The van der Waals surface area contributed by atoms with Gasteiger partial charge in [-0.1, -0.05) is 12.1 Å². The first kappa shape index (κ1) is 14.4. The van der Waals surface area contributed by atoms with Crippen molar-refractivity contribution in [2.45, 2.75) is 25.9 Å². The lowest BCUT2D eigenvalue weighted by molar-refractivity contribution is 0.252. The molecule has 0 aromatic heterocycles. The van der Waals surface area contributed by atoms with Crippen molar-refractivity contribution in [2.75, 3.05) is 33.2 Å². The van der Waals surface area contributed by atoms with Crippen LogP contribution in [0.3, 0.4) is 0 Å². The molecule has 1 aromatic rings. The van der Waals surface area contributed by atoms with Crippen LogP contribution < -0.4 is 5.73 Å². The van der Waals surface area contributed by atoms with Gasteiger partial charge in [0.05, 0.1) is 0 Å². The molecule has 0 radical (unpaired) electrons. The van der Waals surface area contributed by atoms with Crippen molar-refractivity contribution in [1.82, 2.24) is 9.80 Å². The standard InChI is InChI=1S/C15H24FN3/c1-18(8-9-19-6-2-3-7-19)12-13-4-5-15(16)14(10-13)11-17/h4-5,10H,2-3,6-9,11-12,17H2,1H3. The number of hydrogen-bond donors (Lipinski definition) is 1. The Balaban J connectivity index is 1.82. The van der Waals surface area contributed by atoms with E-state index >= 15 is 0 Å². The number of rotatable bonds is 6. The maximum absolute atomic E-state index is 13.4. The highest BCUT2D eigenvalue weighted by Crippen LogP contribution is 2.12. The molecule has 106 valence electrons. The fourth-order valence-corrected chi connectivity index (χ4v) is 2.59. The lowest BCUT2D eigenvalue weighted by Gasteiger charge is -2.21. The van der Waals surface area contributed by atoms with E-state index in [2.05, 4.69) is 16.8 Å². The summed E-state index contributed by atoms with van der Waals surface area (Å²) in [4.78, 5) is 4.79. The van der Waals surface area contributed by atoms with Gasteiger partial charge < -0.3 is 15.5 Å². The fraction of sp³-hybridized carbons (Fsp3) is 0.600. The molecule has 0 unspecified atom stereocenters. The number of nitrogens with zero attached hydrogens (tertiary/aromatic N) is 2. The van der Waals surface area contributed by atoms with Crippen molar-refractivity contribution in [3.8, 4) is 0 Å². The van der Waals surface area contributed by atoms with Gasteiger partial charge in [-0.25, -0.2) is 4.39 Å². The van der Waals surface area contributed by atoms with E-state index in [4.69, 9.17) is 5.73 Å². The van der Waals surface area contributed by atoms with Crippen LogP contribution in [0.5, 0.6) is 0 Å². The Labute approximate surface area is 115 Å². The minimum atomic E-state index is -0.203. The highest BCUT2D eigenvalue weighted by molar-refractivity contribution is 5.24. The third kappa shape index (κ3) is 4.27. The number of likely N-dealkylation sites (tertiary alicyclic amines) is 1. The van der Waals surface area contributed by atoms with Gasteiger partial charge in [-0.15, -0.1) is 0 Å². The van der Waals surface area contributed by atoms with Gasteiger partial charge in [0.1, 0.15) is 5.82 Å². The summed E-state index contributed by atoms with van der Waals surface area (Å²) in [5.74, 6) is -0.203. The van der Waals surface area contributed by atoms with Crippen LogP contribution in [-0.4, -0.2) is 43.0 Å². The first-order valence-corrected chi connectivity index (χ1v) is 7.07. The quantitative estimate of drug-likeness (QED) is 0.851. The summed E-state index contributed by atoms with van der Waals surface area (Å²) in [5.41, 5.74) is 7.26. The number of likely N-dealkylation sites (N-methyl/N-ethyl adjacent to an activating group) is 1. The molecule has 2 N–H and O–H groups in total. The zero-order valence-electron chi connectivity index (χ0n) is 11.7. The summed E-state index contributed by atoms with van der Waals surface area (Å²) in [5, 5.41) is 0. The number of benzene rings is 1. The molecule has 1 fully saturated rings. The molecule has 0 saturated carbocycles. The maximum Gasteiger partial charge on any atom is 0.127 e. The molecule has 1 aliphatic heterocycles. The first-order chi connectivity index (χ1) is 9.19. The Morgan fingerprint density at radius 3 is 2.74 bits per heavy atom. The Hall–Kier alpha value is -0.970. The molecule has 0 atom stereocenters.